The zero-order valence-corrected chi connectivity index (χ0v) is 15.0. The highest BCUT2D eigenvalue weighted by Crippen LogP contribution is 2.29. The second kappa shape index (κ2) is 9.80. The second-order valence-electron chi connectivity index (χ2n) is 5.89. The first kappa shape index (κ1) is 20.7. The zero-order valence-electron chi connectivity index (χ0n) is 13.5. The number of ether oxygens (including phenoxy) is 1. The largest absolute Gasteiger partial charge is 0.504 e. The minimum atomic E-state index is 0. The van der Waals surface area contributed by atoms with Gasteiger partial charge in [0.25, 0.3) is 0 Å². The summed E-state index contributed by atoms with van der Waals surface area (Å²) < 4.78 is 5.14. The van der Waals surface area contributed by atoms with Crippen molar-refractivity contribution in [3.05, 3.63) is 57.6 Å². The molecule has 0 radical (unpaired) electrons. The van der Waals surface area contributed by atoms with Gasteiger partial charge in [0, 0.05) is 10.0 Å². The summed E-state index contributed by atoms with van der Waals surface area (Å²) in [5.41, 5.74) is 2.20. The minimum absolute atomic E-state index is 0. The van der Waals surface area contributed by atoms with Gasteiger partial charge >= 0.3 is 0 Å². The molecule has 0 fully saturated rings. The fraction of sp³-hybridized carbons (Fsp3) is 0.400. The molecule has 1 N–H and O–H groups in total. The van der Waals surface area contributed by atoms with Gasteiger partial charge in [-0.3, -0.25) is 0 Å². The number of hydrogen-bond acceptors (Lipinski definition) is 2. The number of methoxy groups -OCH3 is 1. The summed E-state index contributed by atoms with van der Waals surface area (Å²) in [5.74, 6) is 1.26. The van der Waals surface area contributed by atoms with Crippen LogP contribution in [0.4, 0.5) is 0 Å². The van der Waals surface area contributed by atoms with E-state index in [1.54, 1.807) is 13.2 Å². The summed E-state index contributed by atoms with van der Waals surface area (Å²) in [5, 5.41) is 11.1. The molecular weight excluding hydrogens is 343 g/mol. The first-order chi connectivity index (χ1) is 11.0. The van der Waals surface area contributed by atoms with Crippen LogP contribution < -0.4 is 4.74 Å². The van der Waals surface area contributed by atoms with Crippen LogP contribution in [0.5, 0.6) is 11.5 Å². The first-order valence-electron chi connectivity index (χ1n) is 7.80. The van der Waals surface area contributed by atoms with Crippen molar-refractivity contribution in [3.8, 4) is 11.5 Å². The zero-order chi connectivity index (χ0) is 16.8. The summed E-state index contributed by atoms with van der Waals surface area (Å²) in [4.78, 5) is 0. The third kappa shape index (κ3) is 5.61. The maximum Gasteiger partial charge on any atom is 0.160 e. The van der Waals surface area contributed by atoms with Gasteiger partial charge in [-0.1, -0.05) is 49.7 Å². The number of phenols is 1. The highest BCUT2D eigenvalue weighted by Gasteiger charge is 2.10. The summed E-state index contributed by atoms with van der Waals surface area (Å²) >= 11 is 12.4. The molecule has 0 spiro atoms. The monoisotopic (exact) mass is 368 g/mol. The van der Waals surface area contributed by atoms with Crippen LogP contribution in [-0.4, -0.2) is 12.2 Å². The Kier molecular flexibility index (Phi) is 8.44. The second-order valence-corrected chi connectivity index (χ2v) is 6.70. The average molecular weight is 369 g/mol. The predicted molar refractivity (Wildman–Crippen MR) is 104 cm³/mol. The van der Waals surface area contributed by atoms with Crippen LogP contribution >= 0.6 is 23.2 Å². The van der Waals surface area contributed by atoms with Crippen molar-refractivity contribution in [1.82, 2.24) is 0 Å². The standard InChI is InChI=1S/C19H22Cl2O2.CH4/c1-13(7-10-15-16(20)4-3-5-17(15)21)6-8-14-9-11-18(22)19(12-14)23-2;/h3-5,9,11-13,22H,6-8,10H2,1-2H3;1H4. The maximum absolute atomic E-state index is 9.62. The van der Waals surface area contributed by atoms with Gasteiger partial charge in [0.1, 0.15) is 0 Å². The Morgan fingerprint density at radius 1 is 1.04 bits per heavy atom. The molecule has 1 unspecified atom stereocenters. The molecule has 0 amide bonds. The molecule has 4 heteroatoms. The van der Waals surface area contributed by atoms with Crippen molar-refractivity contribution in [3.63, 3.8) is 0 Å². The normalized spacial score (nSPS) is 11.7. The lowest BCUT2D eigenvalue weighted by Gasteiger charge is -2.13. The topological polar surface area (TPSA) is 29.5 Å². The Balaban J connectivity index is 0.00000288. The van der Waals surface area contributed by atoms with Crippen molar-refractivity contribution in [2.24, 2.45) is 5.92 Å². The molecule has 0 saturated carbocycles. The fourth-order valence-corrected chi connectivity index (χ4v) is 3.18. The average Bonchev–Trinajstić information content (AvgIpc) is 2.53. The van der Waals surface area contributed by atoms with E-state index in [0.29, 0.717) is 11.7 Å². The Hall–Kier alpha value is -1.38. The van der Waals surface area contributed by atoms with E-state index in [-0.39, 0.29) is 13.2 Å². The van der Waals surface area contributed by atoms with Gasteiger partial charge in [0.2, 0.25) is 0 Å². The van der Waals surface area contributed by atoms with Crippen molar-refractivity contribution in [1.29, 1.82) is 0 Å². The highest BCUT2D eigenvalue weighted by molar-refractivity contribution is 6.35. The van der Waals surface area contributed by atoms with Crippen LogP contribution in [0.1, 0.15) is 38.3 Å². The lowest BCUT2D eigenvalue weighted by Crippen LogP contribution is -2.01. The number of phenolic OH excluding ortho intramolecular Hbond substituents is 1. The molecule has 2 aromatic carbocycles. The van der Waals surface area contributed by atoms with Crippen molar-refractivity contribution in [2.45, 2.75) is 40.0 Å². The van der Waals surface area contributed by atoms with Crippen LogP contribution in [0.2, 0.25) is 10.0 Å². The molecule has 0 aliphatic rings. The SMILES string of the molecule is C.COc1cc(CCC(C)CCc2c(Cl)cccc2Cl)ccc1O. The van der Waals surface area contributed by atoms with Gasteiger partial charge in [0.15, 0.2) is 11.5 Å². The van der Waals surface area contributed by atoms with Gasteiger partial charge < -0.3 is 9.84 Å². The molecule has 0 saturated heterocycles. The van der Waals surface area contributed by atoms with E-state index >= 15 is 0 Å². The molecule has 2 aromatic rings. The molecule has 0 heterocycles. The molecule has 2 nitrogen and oxygen atoms in total. The van der Waals surface area contributed by atoms with Gasteiger partial charge in [-0.05, 0) is 67.0 Å². The number of aryl methyl sites for hydroxylation is 1. The number of aromatic hydroxyl groups is 1. The molecule has 0 aromatic heterocycles. The summed E-state index contributed by atoms with van der Waals surface area (Å²) in [6, 6.07) is 11.2. The smallest absolute Gasteiger partial charge is 0.160 e. The van der Waals surface area contributed by atoms with E-state index in [1.807, 2.05) is 30.3 Å². The van der Waals surface area contributed by atoms with E-state index in [9.17, 15) is 5.11 Å². The van der Waals surface area contributed by atoms with Crippen LogP contribution in [-0.2, 0) is 12.8 Å². The quantitative estimate of drug-likeness (QED) is 0.600. The number of rotatable bonds is 7. The van der Waals surface area contributed by atoms with E-state index < -0.39 is 0 Å². The van der Waals surface area contributed by atoms with Gasteiger partial charge in [-0.15, -0.1) is 0 Å². The van der Waals surface area contributed by atoms with Crippen LogP contribution in [0.25, 0.3) is 0 Å². The van der Waals surface area contributed by atoms with Gasteiger partial charge in [-0.25, -0.2) is 0 Å². The molecule has 24 heavy (non-hydrogen) atoms. The number of benzene rings is 2. The van der Waals surface area contributed by atoms with E-state index in [1.165, 1.54) is 5.56 Å². The number of halogens is 2. The molecule has 0 aliphatic carbocycles. The van der Waals surface area contributed by atoms with Crippen LogP contribution in [0, 0.1) is 5.92 Å². The van der Waals surface area contributed by atoms with Crippen LogP contribution in [0.3, 0.4) is 0 Å². The lowest BCUT2D eigenvalue weighted by molar-refractivity contribution is 0.372. The Morgan fingerprint density at radius 2 is 1.67 bits per heavy atom. The van der Waals surface area contributed by atoms with Gasteiger partial charge in [0.05, 0.1) is 7.11 Å². The van der Waals surface area contributed by atoms with Crippen molar-refractivity contribution in [2.75, 3.05) is 7.11 Å². The van der Waals surface area contributed by atoms with E-state index in [2.05, 4.69) is 6.92 Å². The molecule has 2 rings (SSSR count). The third-order valence-corrected chi connectivity index (χ3v) is 4.83. The molecule has 0 bridgehead atoms. The summed E-state index contributed by atoms with van der Waals surface area (Å²) in [7, 11) is 1.56. The third-order valence-electron chi connectivity index (χ3n) is 4.12. The fourth-order valence-electron chi connectivity index (χ4n) is 2.60. The van der Waals surface area contributed by atoms with Crippen molar-refractivity contribution < 1.29 is 9.84 Å². The Bertz CT molecular complexity index is 636. The molecule has 1 atom stereocenters. The Labute approximate surface area is 155 Å². The number of hydrogen-bond donors (Lipinski definition) is 1. The van der Waals surface area contributed by atoms with E-state index in [4.69, 9.17) is 27.9 Å². The summed E-state index contributed by atoms with van der Waals surface area (Å²) in [6.45, 7) is 2.24. The highest BCUT2D eigenvalue weighted by atomic mass is 35.5. The van der Waals surface area contributed by atoms with Gasteiger partial charge in [-0.2, -0.15) is 0 Å². The lowest BCUT2D eigenvalue weighted by atomic mass is 9.94. The van der Waals surface area contributed by atoms with Crippen molar-refractivity contribution >= 4 is 23.2 Å². The maximum atomic E-state index is 9.62. The first-order valence-corrected chi connectivity index (χ1v) is 8.55. The Morgan fingerprint density at radius 3 is 2.29 bits per heavy atom. The molecular formula is C20H26Cl2O2. The minimum Gasteiger partial charge on any atom is -0.504 e. The summed E-state index contributed by atoms with van der Waals surface area (Å²) in [6.07, 6.45) is 3.95. The van der Waals surface area contributed by atoms with Crippen LogP contribution in [0.15, 0.2) is 36.4 Å². The van der Waals surface area contributed by atoms with E-state index in [0.717, 1.165) is 41.3 Å². The predicted octanol–water partition coefficient (Wildman–Crippen LogP) is 6.55. The molecule has 0 aliphatic heterocycles. The molecule has 132 valence electrons.